The van der Waals surface area contributed by atoms with Crippen molar-refractivity contribution in [2.75, 3.05) is 19.6 Å². The third-order valence-electron chi connectivity index (χ3n) is 2.78. The number of carbonyl (C=O) groups is 2. The van der Waals surface area contributed by atoms with Gasteiger partial charge in [-0.3, -0.25) is 14.5 Å². The van der Waals surface area contributed by atoms with E-state index in [0.29, 0.717) is 13.1 Å². The molecule has 0 fully saturated rings. The summed E-state index contributed by atoms with van der Waals surface area (Å²) >= 11 is 0. The minimum atomic E-state index is -0.923. The summed E-state index contributed by atoms with van der Waals surface area (Å²) in [5.74, 6) is -1.09. The lowest BCUT2D eigenvalue weighted by Gasteiger charge is -2.17. The van der Waals surface area contributed by atoms with Gasteiger partial charge in [-0.15, -0.1) is 0 Å². The average molecular weight is 264 g/mol. The van der Waals surface area contributed by atoms with Gasteiger partial charge in [-0.2, -0.15) is 0 Å². The molecule has 1 aromatic rings. The van der Waals surface area contributed by atoms with Crippen LogP contribution in [0, 0.1) is 6.92 Å². The summed E-state index contributed by atoms with van der Waals surface area (Å²) in [4.78, 5) is 23.9. The highest BCUT2D eigenvalue weighted by Gasteiger charge is 2.11. The fourth-order valence-electron chi connectivity index (χ4n) is 1.64. The Balaban J connectivity index is 2.38. The molecule has 1 aromatic carbocycles. The Hall–Kier alpha value is -1.88. The van der Waals surface area contributed by atoms with E-state index in [-0.39, 0.29) is 19.0 Å². The molecule has 0 unspecified atom stereocenters. The monoisotopic (exact) mass is 264 g/mol. The molecule has 0 atom stereocenters. The number of likely N-dealkylation sites (N-methyl/N-ethyl adjacent to an activating group) is 1. The van der Waals surface area contributed by atoms with E-state index in [1.54, 1.807) is 4.90 Å². The quantitative estimate of drug-likeness (QED) is 0.771. The van der Waals surface area contributed by atoms with Crippen molar-refractivity contribution in [2.24, 2.45) is 0 Å². The second-order valence-corrected chi connectivity index (χ2v) is 4.46. The Morgan fingerprint density at radius 1 is 1.21 bits per heavy atom. The first kappa shape index (κ1) is 15.2. The van der Waals surface area contributed by atoms with E-state index in [1.165, 1.54) is 5.56 Å². The topological polar surface area (TPSA) is 69.6 Å². The van der Waals surface area contributed by atoms with Crippen LogP contribution in [0.25, 0.3) is 0 Å². The van der Waals surface area contributed by atoms with Crippen LogP contribution in [-0.2, 0) is 16.1 Å². The molecule has 0 saturated heterocycles. The van der Waals surface area contributed by atoms with Crippen molar-refractivity contribution < 1.29 is 14.7 Å². The largest absolute Gasteiger partial charge is 0.480 e. The molecule has 0 spiro atoms. The first-order chi connectivity index (χ1) is 9.01. The van der Waals surface area contributed by atoms with Crippen molar-refractivity contribution in [3.63, 3.8) is 0 Å². The Labute approximate surface area is 113 Å². The van der Waals surface area contributed by atoms with Crippen LogP contribution in [0.2, 0.25) is 0 Å². The normalized spacial score (nSPS) is 10.5. The average Bonchev–Trinajstić information content (AvgIpc) is 2.36. The first-order valence-electron chi connectivity index (χ1n) is 6.27. The van der Waals surface area contributed by atoms with Gasteiger partial charge in [0.1, 0.15) is 0 Å². The maximum Gasteiger partial charge on any atom is 0.317 e. The van der Waals surface area contributed by atoms with E-state index < -0.39 is 5.97 Å². The number of aryl methyl sites for hydroxylation is 1. The van der Waals surface area contributed by atoms with Gasteiger partial charge in [-0.25, -0.2) is 0 Å². The molecular formula is C14H20N2O3. The van der Waals surface area contributed by atoms with E-state index in [9.17, 15) is 9.59 Å². The molecular weight excluding hydrogens is 244 g/mol. The number of nitrogens with one attached hydrogen (secondary N) is 1. The lowest BCUT2D eigenvalue weighted by molar-refractivity contribution is -0.138. The fraction of sp³-hybridized carbons (Fsp3) is 0.429. The third-order valence-corrected chi connectivity index (χ3v) is 2.78. The van der Waals surface area contributed by atoms with Crippen molar-refractivity contribution in [2.45, 2.75) is 20.4 Å². The van der Waals surface area contributed by atoms with Crippen LogP contribution in [-0.4, -0.2) is 41.5 Å². The molecule has 0 heterocycles. The number of hydrogen-bond acceptors (Lipinski definition) is 3. The number of rotatable bonds is 7. The molecule has 5 nitrogen and oxygen atoms in total. The Kier molecular flexibility index (Phi) is 6.02. The van der Waals surface area contributed by atoms with Crippen LogP contribution in [0.15, 0.2) is 24.3 Å². The SMILES string of the molecule is CCN(CC(=O)O)CC(=O)NCc1ccc(C)cc1. The second-order valence-electron chi connectivity index (χ2n) is 4.46. The van der Waals surface area contributed by atoms with Gasteiger partial charge in [0.05, 0.1) is 13.1 Å². The Morgan fingerprint density at radius 2 is 1.84 bits per heavy atom. The summed E-state index contributed by atoms with van der Waals surface area (Å²) in [6.07, 6.45) is 0. The maximum atomic E-state index is 11.7. The number of hydrogen-bond donors (Lipinski definition) is 2. The van der Waals surface area contributed by atoms with E-state index in [0.717, 1.165) is 5.56 Å². The summed E-state index contributed by atoms with van der Waals surface area (Å²) in [7, 11) is 0. The zero-order valence-corrected chi connectivity index (χ0v) is 11.3. The predicted octanol–water partition coefficient (Wildman–Crippen LogP) is 1.02. The van der Waals surface area contributed by atoms with Gasteiger partial charge >= 0.3 is 5.97 Å². The molecule has 0 radical (unpaired) electrons. The van der Waals surface area contributed by atoms with Crippen LogP contribution in [0.5, 0.6) is 0 Å². The zero-order chi connectivity index (χ0) is 14.3. The number of amides is 1. The highest BCUT2D eigenvalue weighted by atomic mass is 16.4. The van der Waals surface area contributed by atoms with Gasteiger partial charge < -0.3 is 10.4 Å². The van der Waals surface area contributed by atoms with Crippen molar-refractivity contribution in [1.29, 1.82) is 0 Å². The lowest BCUT2D eigenvalue weighted by atomic mass is 10.1. The van der Waals surface area contributed by atoms with E-state index in [4.69, 9.17) is 5.11 Å². The van der Waals surface area contributed by atoms with E-state index in [1.807, 2.05) is 38.1 Å². The number of benzene rings is 1. The first-order valence-corrected chi connectivity index (χ1v) is 6.27. The van der Waals surface area contributed by atoms with Crippen LogP contribution >= 0.6 is 0 Å². The van der Waals surface area contributed by atoms with Gasteiger partial charge in [-0.05, 0) is 19.0 Å². The van der Waals surface area contributed by atoms with Gasteiger partial charge in [0, 0.05) is 6.54 Å². The summed E-state index contributed by atoms with van der Waals surface area (Å²) in [6.45, 7) is 4.82. The molecule has 1 rings (SSSR count). The maximum absolute atomic E-state index is 11.7. The highest BCUT2D eigenvalue weighted by Crippen LogP contribution is 2.02. The molecule has 0 saturated carbocycles. The summed E-state index contributed by atoms with van der Waals surface area (Å²) in [5.41, 5.74) is 2.20. The second kappa shape index (κ2) is 7.53. The number of aliphatic carboxylic acids is 1. The van der Waals surface area contributed by atoms with Crippen molar-refractivity contribution in [3.8, 4) is 0 Å². The van der Waals surface area contributed by atoms with Crippen molar-refractivity contribution in [3.05, 3.63) is 35.4 Å². The standard InChI is InChI=1S/C14H20N2O3/c1-3-16(10-14(18)19)9-13(17)15-8-12-6-4-11(2)5-7-12/h4-7H,3,8-10H2,1-2H3,(H,15,17)(H,18,19). The Bertz CT molecular complexity index is 429. The number of nitrogens with zero attached hydrogens (tertiary/aromatic N) is 1. The van der Waals surface area contributed by atoms with Crippen LogP contribution in [0.4, 0.5) is 0 Å². The molecule has 0 aliphatic rings. The molecule has 0 aliphatic heterocycles. The fourth-order valence-corrected chi connectivity index (χ4v) is 1.64. The number of carbonyl (C=O) groups excluding carboxylic acids is 1. The molecule has 1 amide bonds. The Morgan fingerprint density at radius 3 is 2.37 bits per heavy atom. The molecule has 5 heteroatoms. The van der Waals surface area contributed by atoms with Gasteiger partial charge in [0.25, 0.3) is 0 Å². The van der Waals surface area contributed by atoms with Crippen LogP contribution in [0.3, 0.4) is 0 Å². The molecule has 0 bridgehead atoms. The third kappa shape index (κ3) is 6.01. The summed E-state index contributed by atoms with van der Waals surface area (Å²) < 4.78 is 0. The van der Waals surface area contributed by atoms with Crippen molar-refractivity contribution in [1.82, 2.24) is 10.2 Å². The van der Waals surface area contributed by atoms with Gasteiger partial charge in [0.15, 0.2) is 0 Å². The zero-order valence-electron chi connectivity index (χ0n) is 11.3. The summed E-state index contributed by atoms with van der Waals surface area (Å²) in [6, 6.07) is 7.91. The van der Waals surface area contributed by atoms with E-state index in [2.05, 4.69) is 5.32 Å². The van der Waals surface area contributed by atoms with Crippen molar-refractivity contribution >= 4 is 11.9 Å². The minimum Gasteiger partial charge on any atom is -0.480 e. The summed E-state index contributed by atoms with van der Waals surface area (Å²) in [5, 5.41) is 11.5. The molecule has 0 aliphatic carbocycles. The molecule has 19 heavy (non-hydrogen) atoms. The van der Waals surface area contributed by atoms with Gasteiger partial charge in [-0.1, -0.05) is 36.8 Å². The number of carboxylic acids is 1. The smallest absolute Gasteiger partial charge is 0.317 e. The molecule has 2 N–H and O–H groups in total. The van der Waals surface area contributed by atoms with Gasteiger partial charge in [0.2, 0.25) is 5.91 Å². The molecule has 104 valence electrons. The van der Waals surface area contributed by atoms with Crippen LogP contribution < -0.4 is 5.32 Å². The predicted molar refractivity (Wildman–Crippen MR) is 72.8 cm³/mol. The highest BCUT2D eigenvalue weighted by molar-refractivity contribution is 5.79. The lowest BCUT2D eigenvalue weighted by Crippen LogP contribution is -2.39. The minimum absolute atomic E-state index is 0.106. The van der Waals surface area contributed by atoms with E-state index >= 15 is 0 Å². The van der Waals surface area contributed by atoms with Crippen LogP contribution in [0.1, 0.15) is 18.1 Å². The number of carboxylic acid groups (broad SMARTS) is 1. The molecule has 0 aromatic heterocycles.